The number of piperidine rings is 2. The molecular weight excluding hydrogens is 644 g/mol. The van der Waals surface area contributed by atoms with Crippen molar-refractivity contribution < 1.29 is 49.7 Å². The third-order valence-electron chi connectivity index (χ3n) is 14.1. The molecule has 0 radical (unpaired) electrons. The van der Waals surface area contributed by atoms with Crippen LogP contribution < -0.4 is 9.47 Å². The maximum atomic E-state index is 13.5. The molecule has 0 amide bonds. The van der Waals surface area contributed by atoms with Crippen molar-refractivity contribution in [1.29, 1.82) is 0 Å². The van der Waals surface area contributed by atoms with Crippen molar-refractivity contribution in [2.75, 3.05) is 26.2 Å². The van der Waals surface area contributed by atoms with Crippen LogP contribution in [0.25, 0.3) is 11.1 Å². The molecule has 2 saturated heterocycles. The highest BCUT2D eigenvalue weighted by atomic mass is 16.5. The standard InChI is InChI=1S/C38H40N2O10/c1-3-11-39-13-9-35-23-19-15-17(25(43)29(23)49-33(35)21(41)5-7-37(35,47)31(39)27(19)45)18-16-20-24-30(26(18)44)50-34-22(42)6-8-38(48)32(28(20)46)40(12-4-2)14-10-36(24,34)38/h3-4,15-16,27-28,31-34,43-48H,1-2,5-14H2/t27-,28-,31+,32+,33-,34-,35-,36-,37+,38+/m0/s1. The van der Waals surface area contributed by atoms with Gasteiger partial charge in [-0.05, 0) is 48.9 Å². The van der Waals surface area contributed by atoms with Crippen molar-refractivity contribution >= 4 is 11.6 Å². The van der Waals surface area contributed by atoms with E-state index in [2.05, 4.69) is 13.2 Å². The number of ketones is 2. The Kier molecular flexibility index (Phi) is 5.92. The summed E-state index contributed by atoms with van der Waals surface area (Å²) in [7, 11) is 0. The first-order valence-electron chi connectivity index (χ1n) is 17.6. The SMILES string of the molecule is C=CCN1CC[C@]23c4c5cc(-c6cc7c8c(c6O)O[C@H]6C(=O)CC[C@@]9(O)[C@@H]([C@H]7O)N(CC=C)CC[C@]869)c(O)c4O[C@H]2C(=O)CC[C@@]3(O)[C@H]1[C@H]5O. The highest BCUT2D eigenvalue weighted by Crippen LogP contribution is 2.70. The largest absolute Gasteiger partial charge is 0.504 e. The fourth-order valence-electron chi connectivity index (χ4n) is 12.3. The molecule has 2 spiro atoms. The summed E-state index contributed by atoms with van der Waals surface area (Å²) >= 11 is 0. The minimum Gasteiger partial charge on any atom is -0.504 e. The number of ether oxygens (including phenoxy) is 2. The van der Waals surface area contributed by atoms with Gasteiger partial charge in [0.05, 0.1) is 46.3 Å². The van der Waals surface area contributed by atoms with Gasteiger partial charge in [0.2, 0.25) is 0 Å². The van der Waals surface area contributed by atoms with E-state index in [1.165, 1.54) is 0 Å². The van der Waals surface area contributed by atoms with E-state index in [0.717, 1.165) is 0 Å². The van der Waals surface area contributed by atoms with Gasteiger partial charge in [-0.1, -0.05) is 12.2 Å². The summed E-state index contributed by atoms with van der Waals surface area (Å²) in [6, 6.07) is 1.55. The third-order valence-corrected chi connectivity index (χ3v) is 14.1. The molecule has 4 aliphatic heterocycles. The lowest BCUT2D eigenvalue weighted by molar-refractivity contribution is -0.209. The number of phenols is 2. The Balaban J connectivity index is 1.22. The van der Waals surface area contributed by atoms with Crippen molar-refractivity contribution in [2.24, 2.45) is 0 Å². The number of carbonyl (C=O) groups is 2. The lowest BCUT2D eigenvalue weighted by Crippen LogP contribution is -2.77. The summed E-state index contributed by atoms with van der Waals surface area (Å²) in [4.78, 5) is 31.0. The average Bonchev–Trinajstić information content (AvgIpc) is 3.63. The van der Waals surface area contributed by atoms with Crippen LogP contribution in [0.3, 0.4) is 0 Å². The minimum atomic E-state index is -1.52. The van der Waals surface area contributed by atoms with Crippen LogP contribution in [0.5, 0.6) is 23.0 Å². The molecule has 8 aliphatic rings. The molecule has 2 aromatic carbocycles. The number of carbonyl (C=O) groups excluding carboxylic acids is 2. The van der Waals surface area contributed by atoms with E-state index in [0.29, 0.717) is 61.3 Å². The molecule has 6 N–H and O–H groups in total. The Morgan fingerprint density at radius 2 is 1.12 bits per heavy atom. The van der Waals surface area contributed by atoms with Crippen LogP contribution in [-0.2, 0) is 20.4 Å². The molecule has 50 heavy (non-hydrogen) atoms. The monoisotopic (exact) mass is 684 g/mol. The molecule has 4 heterocycles. The molecule has 262 valence electrons. The van der Waals surface area contributed by atoms with Crippen molar-refractivity contribution in [3.63, 3.8) is 0 Å². The number of Topliss-reactive ketones (excluding diaryl/α,β-unsaturated/α-hetero) is 2. The lowest BCUT2D eigenvalue weighted by Gasteiger charge is -2.63. The number of aliphatic hydroxyl groups excluding tert-OH is 2. The zero-order valence-corrected chi connectivity index (χ0v) is 27.5. The number of hydrogen-bond donors (Lipinski definition) is 6. The van der Waals surface area contributed by atoms with Gasteiger partial charge in [-0.25, -0.2) is 0 Å². The number of rotatable bonds is 5. The van der Waals surface area contributed by atoms with E-state index in [9.17, 15) is 40.2 Å². The Labute approximate surface area is 287 Å². The van der Waals surface area contributed by atoms with Crippen LogP contribution in [0.2, 0.25) is 0 Å². The molecule has 2 saturated carbocycles. The fraction of sp³-hybridized carbons (Fsp3) is 0.526. The number of phenolic OH excluding ortho intramolecular Hbond substituents is 2. The molecule has 0 unspecified atom stereocenters. The molecular formula is C38H40N2O10. The van der Waals surface area contributed by atoms with Crippen molar-refractivity contribution in [3.8, 4) is 34.1 Å². The Morgan fingerprint density at radius 1 is 0.720 bits per heavy atom. The van der Waals surface area contributed by atoms with Crippen LogP contribution in [0, 0.1) is 0 Å². The molecule has 4 bridgehead atoms. The van der Waals surface area contributed by atoms with Crippen LogP contribution in [-0.4, -0.2) is 114 Å². The second kappa shape index (κ2) is 9.55. The van der Waals surface area contributed by atoms with Crippen molar-refractivity contribution in [1.82, 2.24) is 9.80 Å². The number of likely N-dealkylation sites (tertiary alicyclic amines) is 2. The fourth-order valence-corrected chi connectivity index (χ4v) is 12.3. The van der Waals surface area contributed by atoms with E-state index in [-0.39, 0.29) is 71.4 Å². The first-order valence-corrected chi connectivity index (χ1v) is 17.6. The highest BCUT2D eigenvalue weighted by molar-refractivity contribution is 5.94. The first kappa shape index (κ1) is 31.0. The van der Waals surface area contributed by atoms with E-state index in [4.69, 9.17) is 9.47 Å². The van der Waals surface area contributed by atoms with Crippen molar-refractivity contribution in [2.45, 2.75) is 97.1 Å². The van der Waals surface area contributed by atoms with Gasteiger partial charge < -0.3 is 40.1 Å². The molecule has 10 rings (SSSR count). The van der Waals surface area contributed by atoms with Crippen LogP contribution in [0.4, 0.5) is 0 Å². The van der Waals surface area contributed by atoms with E-state index < -0.39 is 58.5 Å². The van der Waals surface area contributed by atoms with Gasteiger partial charge in [0.1, 0.15) is 0 Å². The predicted octanol–water partition coefficient (Wildman–Crippen LogP) is 1.56. The van der Waals surface area contributed by atoms with Gasteiger partial charge in [-0.15, -0.1) is 13.2 Å². The zero-order valence-electron chi connectivity index (χ0n) is 27.5. The van der Waals surface area contributed by atoms with Crippen molar-refractivity contribution in [3.05, 3.63) is 59.7 Å². The molecule has 4 fully saturated rings. The summed E-state index contributed by atoms with van der Waals surface area (Å²) in [5.74, 6) is -1.20. The first-order chi connectivity index (χ1) is 23.9. The average molecular weight is 685 g/mol. The van der Waals surface area contributed by atoms with Crippen LogP contribution in [0.1, 0.15) is 73.0 Å². The maximum Gasteiger partial charge on any atom is 0.174 e. The Morgan fingerprint density at radius 3 is 1.50 bits per heavy atom. The molecule has 10 atom stereocenters. The number of hydrogen-bond acceptors (Lipinski definition) is 12. The van der Waals surface area contributed by atoms with Crippen LogP contribution >= 0.6 is 0 Å². The van der Waals surface area contributed by atoms with Gasteiger partial charge in [0.25, 0.3) is 0 Å². The second-order valence-corrected chi connectivity index (χ2v) is 15.7. The molecule has 12 heteroatoms. The predicted molar refractivity (Wildman–Crippen MR) is 176 cm³/mol. The van der Waals surface area contributed by atoms with E-state index >= 15 is 0 Å². The van der Waals surface area contributed by atoms with Gasteiger partial charge in [-0.3, -0.25) is 19.4 Å². The second-order valence-electron chi connectivity index (χ2n) is 15.7. The summed E-state index contributed by atoms with van der Waals surface area (Å²) in [5, 5.41) is 73.4. The number of aliphatic hydroxyl groups is 4. The number of aromatic hydroxyl groups is 2. The number of benzene rings is 2. The quantitative estimate of drug-likeness (QED) is 0.251. The maximum absolute atomic E-state index is 13.5. The zero-order chi connectivity index (χ0) is 34.9. The lowest BCUT2D eigenvalue weighted by atomic mass is 9.48. The molecule has 0 aromatic heterocycles. The van der Waals surface area contributed by atoms with Crippen LogP contribution in [0.15, 0.2) is 37.4 Å². The Hall–Kier alpha value is -3.78. The number of nitrogens with zero attached hydrogens (tertiary/aromatic N) is 2. The molecule has 12 nitrogen and oxygen atoms in total. The molecule has 2 aromatic rings. The topological polar surface area (TPSA) is 180 Å². The van der Waals surface area contributed by atoms with Gasteiger partial charge >= 0.3 is 0 Å². The van der Waals surface area contributed by atoms with Gasteiger partial charge in [0, 0.05) is 61.3 Å². The smallest absolute Gasteiger partial charge is 0.174 e. The molecule has 4 aliphatic carbocycles. The summed E-state index contributed by atoms with van der Waals surface area (Å²) in [6.45, 7) is 9.47. The normalized spacial score (nSPS) is 41.6. The third kappa shape index (κ3) is 3.06. The van der Waals surface area contributed by atoms with Gasteiger partial charge in [0.15, 0.2) is 46.8 Å². The Bertz CT molecular complexity index is 1840. The van der Waals surface area contributed by atoms with E-state index in [1.54, 1.807) is 24.3 Å². The summed E-state index contributed by atoms with van der Waals surface area (Å²) < 4.78 is 12.7. The summed E-state index contributed by atoms with van der Waals surface area (Å²) in [6.07, 6.45) is -0.166. The minimum absolute atomic E-state index is 0.0216. The van der Waals surface area contributed by atoms with E-state index in [1.807, 2.05) is 9.80 Å². The highest BCUT2D eigenvalue weighted by Gasteiger charge is 2.76. The van der Waals surface area contributed by atoms with Gasteiger partial charge in [-0.2, -0.15) is 0 Å². The summed E-state index contributed by atoms with van der Waals surface area (Å²) in [5.41, 5.74) is -3.73.